The Bertz CT molecular complexity index is 472. The predicted octanol–water partition coefficient (Wildman–Crippen LogP) is 2.33. The van der Waals surface area contributed by atoms with Gasteiger partial charge in [-0.15, -0.1) is 0 Å². The zero-order valence-electron chi connectivity index (χ0n) is 11.7. The molecule has 1 heterocycles. The van der Waals surface area contributed by atoms with Crippen LogP contribution in [-0.4, -0.2) is 30.5 Å². The van der Waals surface area contributed by atoms with Gasteiger partial charge in [-0.3, -0.25) is 0 Å². The van der Waals surface area contributed by atoms with Crippen molar-refractivity contribution in [3.63, 3.8) is 0 Å². The summed E-state index contributed by atoms with van der Waals surface area (Å²) in [7, 11) is 0. The molecule has 1 saturated heterocycles. The molecule has 1 atom stereocenters. The number of hydrogen-bond acceptors (Lipinski definition) is 3. The van der Waals surface area contributed by atoms with E-state index in [1.807, 2.05) is 6.07 Å². The minimum Gasteiger partial charge on any atom is -0.388 e. The molecular formula is C16H22FNO2. The number of nitrogens with one attached hydrogen (secondary N) is 1. The average Bonchev–Trinajstić information content (AvgIpc) is 2.46. The summed E-state index contributed by atoms with van der Waals surface area (Å²) in [4.78, 5) is 0. The number of rotatable bonds is 3. The predicted molar refractivity (Wildman–Crippen MR) is 75.1 cm³/mol. The molecule has 2 N–H and O–H groups in total. The van der Waals surface area contributed by atoms with E-state index in [0.29, 0.717) is 32.6 Å². The average molecular weight is 279 g/mol. The molecule has 1 unspecified atom stereocenters. The van der Waals surface area contributed by atoms with Gasteiger partial charge in [0.1, 0.15) is 5.82 Å². The van der Waals surface area contributed by atoms with E-state index in [1.54, 1.807) is 6.07 Å². The smallest absolute Gasteiger partial charge is 0.123 e. The molecule has 3 nitrogen and oxygen atoms in total. The van der Waals surface area contributed by atoms with Crippen molar-refractivity contribution in [2.24, 2.45) is 0 Å². The summed E-state index contributed by atoms with van der Waals surface area (Å²) in [6.45, 7) is 1.79. The molecule has 1 aliphatic carbocycles. The Hall–Kier alpha value is -0.970. The van der Waals surface area contributed by atoms with Crippen LogP contribution in [0.3, 0.4) is 0 Å². The Morgan fingerprint density at radius 1 is 1.35 bits per heavy atom. The zero-order chi connectivity index (χ0) is 14.0. The van der Waals surface area contributed by atoms with Crippen molar-refractivity contribution in [2.45, 2.75) is 43.7 Å². The van der Waals surface area contributed by atoms with Crippen LogP contribution < -0.4 is 5.32 Å². The largest absolute Gasteiger partial charge is 0.388 e. The molecule has 0 bridgehead atoms. The highest BCUT2D eigenvalue weighted by Crippen LogP contribution is 2.31. The van der Waals surface area contributed by atoms with Crippen LogP contribution in [0.15, 0.2) is 18.2 Å². The highest BCUT2D eigenvalue weighted by atomic mass is 19.1. The fraction of sp³-hybridized carbons (Fsp3) is 0.625. The molecule has 0 aromatic heterocycles. The quantitative estimate of drug-likeness (QED) is 0.892. The summed E-state index contributed by atoms with van der Waals surface area (Å²) in [6.07, 6.45) is 4.47. The van der Waals surface area contributed by atoms with E-state index in [1.165, 1.54) is 11.6 Å². The minimum absolute atomic E-state index is 0.154. The van der Waals surface area contributed by atoms with Crippen LogP contribution in [0.5, 0.6) is 0 Å². The standard InChI is InChI=1S/C16H22FNO2/c17-13-5-4-12-2-1-3-15(14(12)10-13)18-11-16(19)6-8-20-9-7-16/h4-5,10,15,18-19H,1-3,6-9,11H2. The molecule has 4 heteroatoms. The second-order valence-electron chi connectivity index (χ2n) is 6.01. The fourth-order valence-electron chi connectivity index (χ4n) is 3.22. The van der Waals surface area contributed by atoms with Crippen molar-refractivity contribution in [3.8, 4) is 0 Å². The van der Waals surface area contributed by atoms with Crippen LogP contribution in [0.1, 0.15) is 42.9 Å². The molecule has 1 aromatic carbocycles. The van der Waals surface area contributed by atoms with E-state index in [9.17, 15) is 9.50 Å². The van der Waals surface area contributed by atoms with E-state index in [2.05, 4.69) is 5.32 Å². The monoisotopic (exact) mass is 279 g/mol. The van der Waals surface area contributed by atoms with Gasteiger partial charge in [0, 0.05) is 38.6 Å². The molecule has 1 aromatic rings. The number of aryl methyl sites for hydroxylation is 1. The van der Waals surface area contributed by atoms with Gasteiger partial charge in [-0.2, -0.15) is 0 Å². The molecule has 2 aliphatic rings. The summed E-state index contributed by atoms with van der Waals surface area (Å²) >= 11 is 0. The normalized spacial score (nSPS) is 25.2. The Kier molecular flexibility index (Phi) is 4.06. The lowest BCUT2D eigenvalue weighted by Crippen LogP contribution is -2.46. The lowest BCUT2D eigenvalue weighted by molar-refractivity contribution is -0.0630. The van der Waals surface area contributed by atoms with Crippen molar-refractivity contribution in [1.82, 2.24) is 5.32 Å². The number of benzene rings is 1. The third kappa shape index (κ3) is 3.03. The van der Waals surface area contributed by atoms with Gasteiger partial charge >= 0.3 is 0 Å². The van der Waals surface area contributed by atoms with Gasteiger partial charge < -0.3 is 15.2 Å². The summed E-state index contributed by atoms with van der Waals surface area (Å²) in [6, 6.07) is 5.22. The molecule has 0 saturated carbocycles. The molecule has 1 aliphatic heterocycles. The first-order valence-electron chi connectivity index (χ1n) is 7.48. The number of hydrogen-bond donors (Lipinski definition) is 2. The van der Waals surface area contributed by atoms with Crippen LogP contribution >= 0.6 is 0 Å². The van der Waals surface area contributed by atoms with Crippen LogP contribution in [-0.2, 0) is 11.2 Å². The van der Waals surface area contributed by atoms with Crippen molar-refractivity contribution in [1.29, 1.82) is 0 Å². The van der Waals surface area contributed by atoms with Crippen molar-refractivity contribution >= 4 is 0 Å². The van der Waals surface area contributed by atoms with Gasteiger partial charge in [-0.05, 0) is 42.5 Å². The SMILES string of the molecule is OC1(CNC2CCCc3ccc(F)cc32)CCOCC1. The highest BCUT2D eigenvalue weighted by molar-refractivity contribution is 5.32. The number of fused-ring (bicyclic) bond motifs is 1. The Labute approximate surface area is 119 Å². The van der Waals surface area contributed by atoms with E-state index in [-0.39, 0.29) is 11.9 Å². The van der Waals surface area contributed by atoms with Crippen LogP contribution in [0.25, 0.3) is 0 Å². The van der Waals surface area contributed by atoms with Crippen molar-refractivity contribution < 1.29 is 14.2 Å². The second-order valence-corrected chi connectivity index (χ2v) is 6.01. The number of halogens is 1. The molecule has 110 valence electrons. The molecule has 0 amide bonds. The first-order chi connectivity index (χ1) is 9.66. The first kappa shape index (κ1) is 14.0. The number of aliphatic hydroxyl groups is 1. The van der Waals surface area contributed by atoms with Gasteiger partial charge in [-0.25, -0.2) is 4.39 Å². The first-order valence-corrected chi connectivity index (χ1v) is 7.48. The van der Waals surface area contributed by atoms with Gasteiger partial charge in [0.25, 0.3) is 0 Å². The van der Waals surface area contributed by atoms with Crippen molar-refractivity contribution in [3.05, 3.63) is 35.1 Å². The fourth-order valence-corrected chi connectivity index (χ4v) is 3.22. The molecule has 20 heavy (non-hydrogen) atoms. The Morgan fingerprint density at radius 2 is 2.15 bits per heavy atom. The van der Waals surface area contributed by atoms with Crippen LogP contribution in [0.2, 0.25) is 0 Å². The minimum atomic E-state index is -0.677. The van der Waals surface area contributed by atoms with E-state index < -0.39 is 5.60 Å². The topological polar surface area (TPSA) is 41.5 Å². The maximum Gasteiger partial charge on any atom is 0.123 e. The van der Waals surface area contributed by atoms with Gasteiger partial charge in [0.05, 0.1) is 5.60 Å². The molecule has 3 rings (SSSR count). The third-order valence-electron chi connectivity index (χ3n) is 4.52. The van der Waals surface area contributed by atoms with E-state index in [4.69, 9.17) is 4.74 Å². The second kappa shape index (κ2) is 5.80. The lowest BCUT2D eigenvalue weighted by atomic mass is 9.86. The highest BCUT2D eigenvalue weighted by Gasteiger charge is 2.31. The summed E-state index contributed by atoms with van der Waals surface area (Å²) in [5.74, 6) is -0.178. The molecule has 0 radical (unpaired) electrons. The molecular weight excluding hydrogens is 257 g/mol. The summed E-state index contributed by atoms with van der Waals surface area (Å²) in [5.41, 5.74) is 1.62. The zero-order valence-corrected chi connectivity index (χ0v) is 11.7. The van der Waals surface area contributed by atoms with Gasteiger partial charge in [0.15, 0.2) is 0 Å². The van der Waals surface area contributed by atoms with Crippen LogP contribution in [0, 0.1) is 5.82 Å². The summed E-state index contributed by atoms with van der Waals surface area (Å²) in [5, 5.41) is 13.9. The lowest BCUT2D eigenvalue weighted by Gasteiger charge is -2.35. The maximum atomic E-state index is 13.4. The van der Waals surface area contributed by atoms with E-state index in [0.717, 1.165) is 24.8 Å². The maximum absolute atomic E-state index is 13.4. The third-order valence-corrected chi connectivity index (χ3v) is 4.52. The van der Waals surface area contributed by atoms with E-state index >= 15 is 0 Å². The van der Waals surface area contributed by atoms with Gasteiger partial charge in [-0.1, -0.05) is 6.07 Å². The Morgan fingerprint density at radius 3 is 2.95 bits per heavy atom. The molecule has 0 spiro atoms. The summed E-state index contributed by atoms with van der Waals surface area (Å²) < 4.78 is 18.7. The van der Waals surface area contributed by atoms with Gasteiger partial charge in [0.2, 0.25) is 0 Å². The van der Waals surface area contributed by atoms with Crippen molar-refractivity contribution in [2.75, 3.05) is 19.8 Å². The number of ether oxygens (including phenoxy) is 1. The Balaban J connectivity index is 1.68. The molecule has 1 fully saturated rings. The van der Waals surface area contributed by atoms with Crippen LogP contribution in [0.4, 0.5) is 4.39 Å².